The Kier molecular flexibility index (Phi) is 10.7. The summed E-state index contributed by atoms with van der Waals surface area (Å²) >= 11 is 12.1. The molecule has 2 rings (SSSR count). The third-order valence-corrected chi connectivity index (χ3v) is 5.48. The molecule has 0 spiro atoms. The van der Waals surface area contributed by atoms with Crippen molar-refractivity contribution in [2.45, 2.75) is 45.6 Å². The van der Waals surface area contributed by atoms with Crippen LogP contribution < -0.4 is 10.1 Å². The molecule has 0 saturated heterocycles. The van der Waals surface area contributed by atoms with E-state index in [9.17, 15) is 9.59 Å². The van der Waals surface area contributed by atoms with Gasteiger partial charge in [-0.05, 0) is 43.0 Å². The number of nitrogens with zero attached hydrogens (tertiary/aromatic N) is 1. The van der Waals surface area contributed by atoms with Crippen molar-refractivity contribution >= 4 is 35.0 Å². The number of ether oxygens (including phenoxy) is 1. The van der Waals surface area contributed by atoms with Crippen LogP contribution in [0.1, 0.15) is 38.7 Å². The van der Waals surface area contributed by atoms with Gasteiger partial charge in [-0.15, -0.1) is 0 Å². The average molecular weight is 465 g/mol. The summed E-state index contributed by atoms with van der Waals surface area (Å²) in [7, 11) is 0. The fourth-order valence-electron chi connectivity index (χ4n) is 3.22. The summed E-state index contributed by atoms with van der Waals surface area (Å²) in [5, 5.41) is 3.77. The van der Waals surface area contributed by atoms with Gasteiger partial charge >= 0.3 is 0 Å². The average Bonchev–Trinajstić information content (AvgIpc) is 2.76. The highest BCUT2D eigenvalue weighted by molar-refractivity contribution is 6.35. The number of amides is 2. The first-order valence-electron chi connectivity index (χ1n) is 10.6. The lowest BCUT2D eigenvalue weighted by molar-refractivity contribution is -0.142. The zero-order valence-corrected chi connectivity index (χ0v) is 19.6. The Morgan fingerprint density at radius 1 is 1.10 bits per heavy atom. The summed E-state index contributed by atoms with van der Waals surface area (Å²) in [4.78, 5) is 27.5. The predicted molar refractivity (Wildman–Crippen MR) is 126 cm³/mol. The van der Waals surface area contributed by atoms with E-state index in [1.165, 1.54) is 0 Å². The van der Waals surface area contributed by atoms with Gasteiger partial charge in [-0.2, -0.15) is 0 Å². The SMILES string of the molecule is CCCCNC(=O)[C@H](CC)N(CCc1ccccc1)C(=O)COc1ccc(Cl)cc1Cl. The quantitative estimate of drug-likeness (QED) is 0.442. The van der Waals surface area contributed by atoms with Gasteiger partial charge in [0.25, 0.3) is 5.91 Å². The lowest BCUT2D eigenvalue weighted by Gasteiger charge is -2.30. The lowest BCUT2D eigenvalue weighted by Crippen LogP contribution is -2.51. The highest BCUT2D eigenvalue weighted by atomic mass is 35.5. The number of unbranched alkanes of at least 4 members (excludes halogenated alkanes) is 1. The molecular formula is C24H30Cl2N2O3. The van der Waals surface area contributed by atoms with E-state index in [4.69, 9.17) is 27.9 Å². The normalized spacial score (nSPS) is 11.6. The van der Waals surface area contributed by atoms with Gasteiger partial charge in [-0.25, -0.2) is 0 Å². The van der Waals surface area contributed by atoms with Crippen LogP contribution in [-0.4, -0.2) is 42.5 Å². The van der Waals surface area contributed by atoms with E-state index < -0.39 is 6.04 Å². The first-order valence-corrected chi connectivity index (χ1v) is 11.4. The van der Waals surface area contributed by atoms with Crippen molar-refractivity contribution in [3.05, 3.63) is 64.1 Å². The second kappa shape index (κ2) is 13.2. The van der Waals surface area contributed by atoms with E-state index in [2.05, 4.69) is 12.2 Å². The van der Waals surface area contributed by atoms with Crippen LogP contribution in [0.2, 0.25) is 10.0 Å². The van der Waals surface area contributed by atoms with Crippen molar-refractivity contribution in [3.8, 4) is 5.75 Å². The molecular weight excluding hydrogens is 435 g/mol. The largest absolute Gasteiger partial charge is 0.482 e. The number of carbonyl (C=O) groups is 2. The second-order valence-electron chi connectivity index (χ2n) is 7.25. The van der Waals surface area contributed by atoms with Crippen molar-refractivity contribution < 1.29 is 14.3 Å². The molecule has 0 aliphatic heterocycles. The van der Waals surface area contributed by atoms with Gasteiger partial charge < -0.3 is 15.0 Å². The summed E-state index contributed by atoms with van der Waals surface area (Å²) in [5.41, 5.74) is 1.10. The summed E-state index contributed by atoms with van der Waals surface area (Å²) in [6.07, 6.45) is 3.05. The number of halogens is 2. The standard InChI is InChI=1S/C24H30Cl2N2O3/c1-3-5-14-27-24(30)21(4-2)28(15-13-18-9-7-6-8-10-18)23(29)17-31-22-12-11-19(25)16-20(22)26/h6-12,16,21H,3-5,13-15,17H2,1-2H3,(H,27,30)/t21-/m0/s1. The highest BCUT2D eigenvalue weighted by Crippen LogP contribution is 2.27. The topological polar surface area (TPSA) is 58.6 Å². The molecule has 2 aromatic carbocycles. The Morgan fingerprint density at radius 3 is 2.48 bits per heavy atom. The van der Waals surface area contributed by atoms with Crippen LogP contribution >= 0.6 is 23.2 Å². The summed E-state index contributed by atoms with van der Waals surface area (Å²) in [6, 6.07) is 14.2. The van der Waals surface area contributed by atoms with E-state index in [1.807, 2.05) is 37.3 Å². The third-order valence-electron chi connectivity index (χ3n) is 4.94. The lowest BCUT2D eigenvalue weighted by atomic mass is 10.1. The molecule has 0 radical (unpaired) electrons. The summed E-state index contributed by atoms with van der Waals surface area (Å²) < 4.78 is 5.65. The minimum atomic E-state index is -0.558. The second-order valence-corrected chi connectivity index (χ2v) is 8.10. The highest BCUT2D eigenvalue weighted by Gasteiger charge is 2.28. The minimum absolute atomic E-state index is 0.137. The van der Waals surface area contributed by atoms with Crippen molar-refractivity contribution in [1.82, 2.24) is 10.2 Å². The van der Waals surface area contributed by atoms with Crippen LogP contribution in [0.3, 0.4) is 0 Å². The predicted octanol–water partition coefficient (Wildman–Crippen LogP) is 5.14. The number of hydrogen-bond acceptors (Lipinski definition) is 3. The van der Waals surface area contributed by atoms with Gasteiger partial charge in [0, 0.05) is 18.1 Å². The van der Waals surface area contributed by atoms with Crippen molar-refractivity contribution in [3.63, 3.8) is 0 Å². The summed E-state index contributed by atoms with van der Waals surface area (Å²) in [6.45, 7) is 4.78. The molecule has 0 aromatic heterocycles. The molecule has 2 aromatic rings. The first kappa shape index (κ1) is 25.0. The number of hydrogen-bond donors (Lipinski definition) is 1. The van der Waals surface area contributed by atoms with Crippen LogP contribution in [-0.2, 0) is 16.0 Å². The minimum Gasteiger partial charge on any atom is -0.482 e. The third kappa shape index (κ3) is 8.08. The molecule has 0 aliphatic rings. The molecule has 7 heteroatoms. The van der Waals surface area contributed by atoms with E-state index >= 15 is 0 Å². The molecule has 0 bridgehead atoms. The molecule has 0 saturated carbocycles. The van der Waals surface area contributed by atoms with Gasteiger partial charge in [0.2, 0.25) is 5.91 Å². The van der Waals surface area contributed by atoms with E-state index in [1.54, 1.807) is 23.1 Å². The molecule has 0 unspecified atom stereocenters. The van der Waals surface area contributed by atoms with E-state index in [0.717, 1.165) is 18.4 Å². The zero-order valence-electron chi connectivity index (χ0n) is 18.1. The van der Waals surface area contributed by atoms with E-state index in [0.29, 0.717) is 41.7 Å². The zero-order chi connectivity index (χ0) is 22.6. The maximum absolute atomic E-state index is 13.1. The molecule has 1 N–H and O–H groups in total. The Balaban J connectivity index is 2.11. The Labute approximate surface area is 194 Å². The van der Waals surface area contributed by atoms with Crippen LogP contribution in [0.25, 0.3) is 0 Å². The molecule has 0 aliphatic carbocycles. The van der Waals surface area contributed by atoms with Crippen LogP contribution in [0, 0.1) is 0 Å². The molecule has 1 atom stereocenters. The molecule has 0 fully saturated rings. The van der Waals surface area contributed by atoms with Gasteiger partial charge in [0.05, 0.1) is 5.02 Å². The molecule has 168 valence electrons. The van der Waals surface area contributed by atoms with Gasteiger partial charge in [-0.3, -0.25) is 9.59 Å². The van der Waals surface area contributed by atoms with Crippen molar-refractivity contribution in [2.24, 2.45) is 0 Å². The van der Waals surface area contributed by atoms with Crippen LogP contribution in [0.15, 0.2) is 48.5 Å². The van der Waals surface area contributed by atoms with Crippen molar-refractivity contribution in [1.29, 1.82) is 0 Å². The van der Waals surface area contributed by atoms with Crippen molar-refractivity contribution in [2.75, 3.05) is 19.7 Å². The fourth-order valence-corrected chi connectivity index (χ4v) is 3.68. The number of rotatable bonds is 12. The van der Waals surface area contributed by atoms with E-state index in [-0.39, 0.29) is 18.4 Å². The number of nitrogens with one attached hydrogen (secondary N) is 1. The number of benzene rings is 2. The smallest absolute Gasteiger partial charge is 0.261 e. The molecule has 0 heterocycles. The van der Waals surface area contributed by atoms with Gasteiger partial charge in [-0.1, -0.05) is 73.8 Å². The number of carbonyl (C=O) groups excluding carboxylic acids is 2. The summed E-state index contributed by atoms with van der Waals surface area (Å²) in [5.74, 6) is -0.0239. The first-order chi connectivity index (χ1) is 15.0. The molecule has 2 amide bonds. The maximum atomic E-state index is 13.1. The Bertz CT molecular complexity index is 846. The van der Waals surface area contributed by atoms with Crippen LogP contribution in [0.5, 0.6) is 5.75 Å². The molecule has 31 heavy (non-hydrogen) atoms. The van der Waals surface area contributed by atoms with Gasteiger partial charge in [0.15, 0.2) is 6.61 Å². The van der Waals surface area contributed by atoms with Gasteiger partial charge in [0.1, 0.15) is 11.8 Å². The Morgan fingerprint density at radius 2 is 1.84 bits per heavy atom. The Hall–Kier alpha value is -2.24. The molecule has 5 nitrogen and oxygen atoms in total. The fraction of sp³-hybridized carbons (Fsp3) is 0.417. The van der Waals surface area contributed by atoms with Crippen LogP contribution in [0.4, 0.5) is 0 Å². The monoisotopic (exact) mass is 464 g/mol. The maximum Gasteiger partial charge on any atom is 0.261 e.